The second kappa shape index (κ2) is 5.31. The molecular weight excluding hydrogens is 251 g/mol. The third-order valence-corrected chi connectivity index (χ3v) is 3.88. The van der Waals surface area contributed by atoms with Gasteiger partial charge in [-0.1, -0.05) is 6.92 Å². The van der Waals surface area contributed by atoms with Crippen LogP contribution in [0.15, 0.2) is 30.3 Å². The highest BCUT2D eigenvalue weighted by Crippen LogP contribution is 2.23. The summed E-state index contributed by atoms with van der Waals surface area (Å²) in [4.78, 5) is 13.9. The molecule has 0 aliphatic carbocycles. The van der Waals surface area contributed by atoms with Crippen LogP contribution in [0.5, 0.6) is 5.75 Å². The molecule has 0 radical (unpaired) electrons. The Morgan fingerprint density at radius 3 is 2.67 bits per heavy atom. The number of ether oxygens (including phenoxy) is 1. The predicted molar refractivity (Wildman–Crippen MR) is 70.1 cm³/mol. The molecule has 1 heterocycles. The normalized spacial score (nSPS) is 10.4. The fourth-order valence-corrected chi connectivity index (χ4v) is 2.55. The first-order valence-electron chi connectivity index (χ1n) is 5.62. The zero-order valence-electron chi connectivity index (χ0n) is 10.2. The molecule has 0 saturated carbocycles. The van der Waals surface area contributed by atoms with E-state index in [-0.39, 0.29) is 11.5 Å². The van der Waals surface area contributed by atoms with E-state index in [1.54, 1.807) is 12.1 Å². The zero-order chi connectivity index (χ0) is 13.1. The Balaban J connectivity index is 2.31. The van der Waals surface area contributed by atoms with E-state index in [4.69, 9.17) is 4.74 Å². The highest BCUT2D eigenvalue weighted by Gasteiger charge is 2.14. The number of methoxy groups -OCH3 is 1. The number of carbonyl (C=O) groups is 1. The molecule has 4 heteroatoms. The van der Waals surface area contributed by atoms with E-state index < -0.39 is 5.82 Å². The minimum atomic E-state index is -0.518. The molecule has 18 heavy (non-hydrogen) atoms. The van der Waals surface area contributed by atoms with Crippen LogP contribution in [0.25, 0.3) is 0 Å². The number of carbonyl (C=O) groups excluding carboxylic acids is 1. The molecule has 0 N–H and O–H groups in total. The van der Waals surface area contributed by atoms with E-state index in [2.05, 4.69) is 0 Å². The Morgan fingerprint density at radius 1 is 1.33 bits per heavy atom. The van der Waals surface area contributed by atoms with Gasteiger partial charge in [0.2, 0.25) is 5.78 Å². The maximum absolute atomic E-state index is 13.5. The molecular formula is C14H13FO2S. The smallest absolute Gasteiger partial charge is 0.203 e. The SMILES string of the molecule is CCc1ccc(C(=O)c2ccc(OC)c(F)c2)s1. The second-order valence-corrected chi connectivity index (χ2v) is 4.97. The summed E-state index contributed by atoms with van der Waals surface area (Å²) in [6.45, 7) is 2.03. The molecule has 0 spiro atoms. The summed E-state index contributed by atoms with van der Waals surface area (Å²) in [5.74, 6) is -0.524. The molecule has 0 bridgehead atoms. The Bertz CT molecular complexity index is 575. The average Bonchev–Trinajstić information content (AvgIpc) is 2.86. The number of rotatable bonds is 4. The van der Waals surface area contributed by atoms with Gasteiger partial charge in [-0.25, -0.2) is 4.39 Å². The van der Waals surface area contributed by atoms with Crippen LogP contribution in [0.3, 0.4) is 0 Å². The Morgan fingerprint density at radius 2 is 2.11 bits per heavy atom. The minimum absolute atomic E-state index is 0.145. The monoisotopic (exact) mass is 264 g/mol. The predicted octanol–water partition coefficient (Wildman–Crippen LogP) is 3.69. The largest absolute Gasteiger partial charge is 0.494 e. The lowest BCUT2D eigenvalue weighted by Crippen LogP contribution is -2.00. The van der Waals surface area contributed by atoms with Crippen molar-refractivity contribution in [3.63, 3.8) is 0 Å². The van der Waals surface area contributed by atoms with Crippen LogP contribution in [0.4, 0.5) is 4.39 Å². The van der Waals surface area contributed by atoms with Crippen molar-refractivity contribution >= 4 is 17.1 Å². The van der Waals surface area contributed by atoms with Crippen molar-refractivity contribution in [1.29, 1.82) is 0 Å². The number of halogens is 1. The van der Waals surface area contributed by atoms with Gasteiger partial charge < -0.3 is 4.74 Å². The zero-order valence-corrected chi connectivity index (χ0v) is 11.0. The molecule has 1 aromatic heterocycles. The van der Waals surface area contributed by atoms with Crippen molar-refractivity contribution in [2.24, 2.45) is 0 Å². The minimum Gasteiger partial charge on any atom is -0.494 e. The number of hydrogen-bond acceptors (Lipinski definition) is 3. The molecule has 1 aromatic carbocycles. The highest BCUT2D eigenvalue weighted by molar-refractivity contribution is 7.14. The molecule has 0 fully saturated rings. The van der Waals surface area contributed by atoms with E-state index in [0.717, 1.165) is 11.3 Å². The molecule has 0 saturated heterocycles. The first kappa shape index (κ1) is 12.8. The maximum Gasteiger partial charge on any atom is 0.203 e. The topological polar surface area (TPSA) is 26.3 Å². The third-order valence-electron chi connectivity index (χ3n) is 2.65. The standard InChI is InChI=1S/C14H13FO2S/c1-3-10-5-7-13(18-10)14(16)9-4-6-12(17-2)11(15)8-9/h4-8H,3H2,1-2H3. The van der Waals surface area contributed by atoms with Crippen molar-refractivity contribution in [3.05, 3.63) is 51.5 Å². The highest BCUT2D eigenvalue weighted by atomic mass is 32.1. The van der Waals surface area contributed by atoms with Gasteiger partial charge in [0.05, 0.1) is 12.0 Å². The summed E-state index contributed by atoms with van der Waals surface area (Å²) in [6.07, 6.45) is 0.898. The van der Waals surface area contributed by atoms with E-state index in [9.17, 15) is 9.18 Å². The van der Waals surface area contributed by atoms with Gasteiger partial charge in [0.1, 0.15) is 0 Å². The van der Waals surface area contributed by atoms with Gasteiger partial charge >= 0.3 is 0 Å². The maximum atomic E-state index is 13.5. The van der Waals surface area contributed by atoms with Crippen molar-refractivity contribution in [2.45, 2.75) is 13.3 Å². The average molecular weight is 264 g/mol. The van der Waals surface area contributed by atoms with Crippen LogP contribution in [0, 0.1) is 5.82 Å². The van der Waals surface area contributed by atoms with Crippen LogP contribution in [0.2, 0.25) is 0 Å². The lowest BCUT2D eigenvalue weighted by atomic mass is 10.1. The van der Waals surface area contributed by atoms with Crippen LogP contribution in [-0.4, -0.2) is 12.9 Å². The van der Waals surface area contributed by atoms with E-state index in [0.29, 0.717) is 10.4 Å². The number of ketones is 1. The fourth-order valence-electron chi connectivity index (χ4n) is 1.64. The Labute approximate surface area is 109 Å². The van der Waals surface area contributed by atoms with Gasteiger partial charge in [0.15, 0.2) is 11.6 Å². The molecule has 0 atom stereocenters. The summed E-state index contributed by atoms with van der Waals surface area (Å²) in [6, 6.07) is 7.98. The molecule has 94 valence electrons. The van der Waals surface area contributed by atoms with Gasteiger partial charge in [-0.2, -0.15) is 0 Å². The summed E-state index contributed by atoms with van der Waals surface area (Å²) < 4.78 is 18.3. The van der Waals surface area contributed by atoms with Crippen LogP contribution >= 0.6 is 11.3 Å². The first-order valence-corrected chi connectivity index (χ1v) is 6.44. The van der Waals surface area contributed by atoms with Gasteiger partial charge in [0.25, 0.3) is 0 Å². The molecule has 2 rings (SSSR count). The number of aryl methyl sites for hydroxylation is 1. The van der Waals surface area contributed by atoms with E-state index in [1.165, 1.54) is 30.6 Å². The molecule has 0 aliphatic rings. The molecule has 0 unspecified atom stereocenters. The van der Waals surface area contributed by atoms with Crippen molar-refractivity contribution in [2.75, 3.05) is 7.11 Å². The van der Waals surface area contributed by atoms with E-state index >= 15 is 0 Å². The lowest BCUT2D eigenvalue weighted by Gasteiger charge is -2.03. The molecule has 0 aliphatic heterocycles. The third kappa shape index (κ3) is 2.43. The van der Waals surface area contributed by atoms with E-state index in [1.807, 2.05) is 13.0 Å². The number of hydrogen-bond donors (Lipinski definition) is 0. The quantitative estimate of drug-likeness (QED) is 0.787. The Hall–Kier alpha value is -1.68. The lowest BCUT2D eigenvalue weighted by molar-refractivity contribution is 0.104. The van der Waals surface area contributed by atoms with Crippen LogP contribution in [0.1, 0.15) is 27.0 Å². The summed E-state index contributed by atoms with van der Waals surface area (Å²) in [5.41, 5.74) is 0.345. The van der Waals surface area contributed by atoms with Gasteiger partial charge in [-0.05, 0) is 36.8 Å². The molecule has 2 aromatic rings. The number of thiophene rings is 1. The van der Waals surface area contributed by atoms with Crippen LogP contribution in [-0.2, 0) is 6.42 Å². The van der Waals surface area contributed by atoms with Crippen molar-refractivity contribution in [1.82, 2.24) is 0 Å². The first-order chi connectivity index (χ1) is 8.65. The second-order valence-electron chi connectivity index (χ2n) is 3.80. The van der Waals surface area contributed by atoms with Gasteiger partial charge in [-0.15, -0.1) is 11.3 Å². The summed E-state index contributed by atoms with van der Waals surface area (Å²) in [7, 11) is 1.40. The van der Waals surface area contributed by atoms with Crippen molar-refractivity contribution in [3.8, 4) is 5.75 Å². The van der Waals surface area contributed by atoms with Gasteiger partial charge in [-0.3, -0.25) is 4.79 Å². The number of benzene rings is 1. The molecule has 2 nitrogen and oxygen atoms in total. The van der Waals surface area contributed by atoms with Gasteiger partial charge in [0, 0.05) is 10.4 Å². The summed E-state index contributed by atoms with van der Waals surface area (Å²) >= 11 is 1.45. The molecule has 0 amide bonds. The fraction of sp³-hybridized carbons (Fsp3) is 0.214. The van der Waals surface area contributed by atoms with Crippen molar-refractivity contribution < 1.29 is 13.9 Å². The Kier molecular flexibility index (Phi) is 3.77. The summed E-state index contributed by atoms with van der Waals surface area (Å²) in [5, 5.41) is 0. The van der Waals surface area contributed by atoms with Crippen LogP contribution < -0.4 is 4.74 Å².